The molecular weight excluding hydrogens is 326 g/mol. The number of nitro benzene ring substituents is 1. The average molecular weight is 345 g/mol. The number of rotatable bonds is 4. The Hall–Kier alpha value is -2.64. The van der Waals surface area contributed by atoms with Crippen molar-refractivity contribution in [2.24, 2.45) is 22.4 Å². The van der Waals surface area contributed by atoms with Crippen molar-refractivity contribution in [1.29, 1.82) is 0 Å². The van der Waals surface area contributed by atoms with Gasteiger partial charge in [-0.15, -0.1) is 0 Å². The fraction of sp³-hybridized carbons (Fsp3) is 0.529. The molecule has 1 aromatic rings. The zero-order valence-electron chi connectivity index (χ0n) is 13.9. The predicted molar refractivity (Wildman–Crippen MR) is 88.5 cm³/mol. The number of nitro groups is 1. The zero-order chi connectivity index (χ0) is 17.6. The van der Waals surface area contributed by atoms with Crippen LogP contribution < -0.4 is 14.9 Å². The number of fused-ring (bicyclic) bond motifs is 2. The second-order valence-electron chi connectivity index (χ2n) is 7.09. The van der Waals surface area contributed by atoms with E-state index >= 15 is 0 Å². The van der Waals surface area contributed by atoms with Crippen LogP contribution >= 0.6 is 0 Å². The molecule has 8 nitrogen and oxygen atoms in total. The molecule has 1 amide bonds. The van der Waals surface area contributed by atoms with Crippen LogP contribution in [0.4, 0.5) is 5.69 Å². The van der Waals surface area contributed by atoms with Crippen molar-refractivity contribution in [3.05, 3.63) is 27.8 Å². The molecule has 3 aliphatic rings. The zero-order valence-corrected chi connectivity index (χ0v) is 13.9. The number of hydrogen-bond acceptors (Lipinski definition) is 6. The monoisotopic (exact) mass is 345 g/mol. The topological polar surface area (TPSA) is 103 Å². The predicted octanol–water partition coefficient (Wildman–Crippen LogP) is 2.60. The third-order valence-electron chi connectivity index (χ3n) is 5.71. The summed E-state index contributed by atoms with van der Waals surface area (Å²) in [6.45, 7) is 2.19. The number of nitrogens with one attached hydrogen (secondary N) is 1. The molecule has 25 heavy (non-hydrogen) atoms. The van der Waals surface area contributed by atoms with Gasteiger partial charge >= 0.3 is 0 Å². The first-order chi connectivity index (χ1) is 12.0. The van der Waals surface area contributed by atoms with Crippen LogP contribution in [0.15, 0.2) is 17.2 Å². The maximum Gasteiger partial charge on any atom is 0.282 e. The largest absolute Gasteiger partial charge is 0.454 e. The summed E-state index contributed by atoms with van der Waals surface area (Å²) in [5.41, 5.74) is 2.76. The highest BCUT2D eigenvalue weighted by Crippen LogP contribution is 2.66. The first kappa shape index (κ1) is 15.9. The SMILES string of the molecule is C[C@]12CCCC[C@H]1[C@H]2C(=O)N/N=C\c1cc2c(cc1[N+](=O)[O-])OCO2. The lowest BCUT2D eigenvalue weighted by Crippen LogP contribution is -2.22. The van der Waals surface area contributed by atoms with E-state index in [1.54, 1.807) is 0 Å². The second-order valence-corrected chi connectivity index (χ2v) is 7.09. The van der Waals surface area contributed by atoms with Crippen LogP contribution in [0.5, 0.6) is 11.5 Å². The molecule has 2 aliphatic carbocycles. The Morgan fingerprint density at radius 3 is 2.84 bits per heavy atom. The number of amides is 1. The van der Waals surface area contributed by atoms with Crippen LogP contribution in [0, 0.1) is 27.4 Å². The minimum absolute atomic E-state index is 0.00103. The molecule has 132 valence electrons. The highest BCUT2D eigenvalue weighted by atomic mass is 16.7. The molecule has 0 bridgehead atoms. The fourth-order valence-electron chi connectivity index (χ4n) is 4.29. The molecule has 1 heterocycles. The first-order valence-electron chi connectivity index (χ1n) is 8.41. The lowest BCUT2D eigenvalue weighted by Gasteiger charge is -2.15. The smallest absolute Gasteiger partial charge is 0.282 e. The van der Waals surface area contributed by atoms with Crippen LogP contribution in [0.3, 0.4) is 0 Å². The highest BCUT2D eigenvalue weighted by Gasteiger charge is 2.64. The number of nitrogens with zero attached hydrogens (tertiary/aromatic N) is 2. The minimum Gasteiger partial charge on any atom is -0.454 e. The molecule has 0 spiro atoms. The molecule has 8 heteroatoms. The number of carbonyl (C=O) groups excluding carboxylic acids is 1. The van der Waals surface area contributed by atoms with E-state index in [1.807, 2.05) is 0 Å². The minimum atomic E-state index is -0.512. The number of benzene rings is 1. The Balaban J connectivity index is 1.47. The van der Waals surface area contributed by atoms with Gasteiger partial charge in [-0.1, -0.05) is 19.8 Å². The maximum atomic E-state index is 12.4. The summed E-state index contributed by atoms with van der Waals surface area (Å²) in [5, 5.41) is 15.1. The van der Waals surface area contributed by atoms with Crippen molar-refractivity contribution in [3.8, 4) is 11.5 Å². The summed E-state index contributed by atoms with van der Waals surface area (Å²) < 4.78 is 10.4. The van der Waals surface area contributed by atoms with Crippen LogP contribution in [-0.4, -0.2) is 23.8 Å². The van der Waals surface area contributed by atoms with Gasteiger partial charge in [0.1, 0.15) is 0 Å². The quantitative estimate of drug-likeness (QED) is 0.513. The van der Waals surface area contributed by atoms with E-state index < -0.39 is 4.92 Å². The van der Waals surface area contributed by atoms with Crippen LogP contribution in [-0.2, 0) is 4.79 Å². The van der Waals surface area contributed by atoms with Gasteiger partial charge in [0, 0.05) is 5.92 Å². The molecular formula is C17H19N3O5. The average Bonchev–Trinajstić information content (AvgIpc) is 2.95. The van der Waals surface area contributed by atoms with Crippen LogP contribution in [0.1, 0.15) is 38.2 Å². The highest BCUT2D eigenvalue weighted by molar-refractivity contribution is 5.89. The summed E-state index contributed by atoms with van der Waals surface area (Å²) in [6, 6.07) is 2.80. The molecule has 4 rings (SSSR count). The van der Waals surface area contributed by atoms with Crippen molar-refractivity contribution in [1.82, 2.24) is 5.43 Å². The fourth-order valence-corrected chi connectivity index (χ4v) is 4.29. The normalized spacial score (nSPS) is 29.3. The van der Waals surface area contributed by atoms with Crippen molar-refractivity contribution < 1.29 is 19.2 Å². The Morgan fingerprint density at radius 1 is 1.40 bits per heavy atom. The van der Waals surface area contributed by atoms with E-state index in [9.17, 15) is 14.9 Å². The lowest BCUT2D eigenvalue weighted by atomic mass is 9.90. The standard InChI is InChI=1S/C17H19N3O5/c1-17-5-3-2-4-11(17)15(17)16(21)19-18-8-10-6-13-14(25-9-24-13)7-12(10)20(22)23/h6-8,11,15H,2-5,9H2,1H3,(H,19,21)/b18-8-/t11-,15-,17-/m0/s1. The molecule has 1 aliphatic heterocycles. The van der Waals surface area contributed by atoms with Gasteiger partial charge in [0.15, 0.2) is 11.5 Å². The van der Waals surface area contributed by atoms with Gasteiger partial charge in [0.05, 0.1) is 22.8 Å². The molecule has 0 aromatic heterocycles. The van der Waals surface area contributed by atoms with Gasteiger partial charge in [0.25, 0.3) is 5.69 Å². The summed E-state index contributed by atoms with van der Waals surface area (Å²) in [7, 11) is 0. The first-order valence-corrected chi connectivity index (χ1v) is 8.41. The molecule has 0 radical (unpaired) electrons. The van der Waals surface area contributed by atoms with E-state index in [4.69, 9.17) is 9.47 Å². The molecule has 1 aromatic carbocycles. The van der Waals surface area contributed by atoms with Gasteiger partial charge in [-0.05, 0) is 30.2 Å². The Labute approximate surface area is 144 Å². The molecule has 0 unspecified atom stereocenters. The molecule has 3 atom stereocenters. The number of hydrazone groups is 1. The van der Waals surface area contributed by atoms with Gasteiger partial charge in [-0.25, -0.2) is 5.43 Å². The van der Waals surface area contributed by atoms with E-state index in [0.717, 1.165) is 12.8 Å². The number of hydrogen-bond donors (Lipinski definition) is 1. The van der Waals surface area contributed by atoms with E-state index in [1.165, 1.54) is 31.2 Å². The Kier molecular flexibility index (Phi) is 3.63. The summed E-state index contributed by atoms with van der Waals surface area (Å²) in [6.07, 6.45) is 5.80. The number of ether oxygens (including phenoxy) is 2. The van der Waals surface area contributed by atoms with Crippen molar-refractivity contribution in [2.75, 3.05) is 6.79 Å². The summed E-state index contributed by atoms with van der Waals surface area (Å²) in [5.74, 6) is 1.10. The van der Waals surface area contributed by atoms with E-state index in [2.05, 4.69) is 17.5 Å². The van der Waals surface area contributed by atoms with E-state index in [0.29, 0.717) is 17.4 Å². The maximum absolute atomic E-state index is 12.4. The van der Waals surface area contributed by atoms with Crippen LogP contribution in [0.2, 0.25) is 0 Å². The van der Waals surface area contributed by atoms with E-state index in [-0.39, 0.29) is 35.3 Å². The van der Waals surface area contributed by atoms with Crippen molar-refractivity contribution >= 4 is 17.8 Å². The summed E-state index contributed by atoms with van der Waals surface area (Å²) >= 11 is 0. The Bertz CT molecular complexity index is 778. The summed E-state index contributed by atoms with van der Waals surface area (Å²) in [4.78, 5) is 23.1. The molecule has 0 saturated heterocycles. The molecule has 1 N–H and O–H groups in total. The van der Waals surface area contributed by atoms with Crippen LogP contribution in [0.25, 0.3) is 0 Å². The van der Waals surface area contributed by atoms with Gasteiger partial charge in [-0.2, -0.15) is 5.10 Å². The second kappa shape index (κ2) is 5.72. The third kappa shape index (κ3) is 2.61. The van der Waals surface area contributed by atoms with Gasteiger partial charge in [0.2, 0.25) is 12.7 Å². The third-order valence-corrected chi connectivity index (χ3v) is 5.71. The Morgan fingerprint density at radius 2 is 2.16 bits per heavy atom. The van der Waals surface area contributed by atoms with Gasteiger partial charge < -0.3 is 9.47 Å². The number of carbonyl (C=O) groups is 1. The van der Waals surface area contributed by atoms with Crippen molar-refractivity contribution in [3.63, 3.8) is 0 Å². The van der Waals surface area contributed by atoms with Gasteiger partial charge in [-0.3, -0.25) is 14.9 Å². The molecule has 2 fully saturated rings. The van der Waals surface area contributed by atoms with Crippen molar-refractivity contribution in [2.45, 2.75) is 32.6 Å². The molecule has 2 saturated carbocycles. The lowest BCUT2D eigenvalue weighted by molar-refractivity contribution is -0.385.